The zero-order chi connectivity index (χ0) is 43.0. The van der Waals surface area contributed by atoms with Crippen molar-refractivity contribution in [3.05, 3.63) is 63.4 Å². The van der Waals surface area contributed by atoms with E-state index < -0.39 is 35.9 Å². The van der Waals surface area contributed by atoms with E-state index in [1.54, 1.807) is 0 Å². The number of anilines is 5. The van der Waals surface area contributed by atoms with Gasteiger partial charge in [-0.05, 0) is 56.1 Å². The van der Waals surface area contributed by atoms with Gasteiger partial charge in [0.15, 0.2) is 12.4 Å². The standard InChI is InChI=1S/C43H47ClF3N11O4/c1-54-32-19-29(45)30(18-27(32)35-37(41(54)61)62-22-43(46,47)38(51-35)24-6-7-24)49-39-28(44)20-48-42(52-39)58-12-10-23(11-13-58)21-56-14-16-57(17-15-56)31-5-3-4-25-34(53-55(2)36(25)31)26-8-9-33(59)50-40(26)60/h3-5,18-20,23-24,26,38,51H,6-17,21-22H2,1-2H3,(H,48,49,52)(H,50,59,60). The molecule has 62 heavy (non-hydrogen) atoms. The molecule has 2 atom stereocenters. The molecular weight excluding hydrogens is 827 g/mol. The first-order valence-electron chi connectivity index (χ1n) is 21.3. The second kappa shape index (κ2) is 15.6. The molecule has 2 aromatic carbocycles. The molecule has 326 valence electrons. The van der Waals surface area contributed by atoms with Crippen LogP contribution in [0.5, 0.6) is 5.75 Å². The lowest BCUT2D eigenvalue weighted by Gasteiger charge is -2.39. The summed E-state index contributed by atoms with van der Waals surface area (Å²) in [5, 5.41) is 14.6. The van der Waals surface area contributed by atoms with Gasteiger partial charge in [-0.2, -0.15) is 10.1 Å². The number of pyridine rings is 1. The lowest BCUT2D eigenvalue weighted by molar-refractivity contribution is -0.134. The number of piperazine rings is 1. The molecule has 0 spiro atoms. The molecule has 5 aromatic rings. The Morgan fingerprint density at radius 3 is 2.48 bits per heavy atom. The fraction of sp³-hybridized carbons (Fsp3) is 0.488. The number of aryl methyl sites for hydroxylation is 2. The van der Waals surface area contributed by atoms with Crippen LogP contribution in [0.1, 0.15) is 50.1 Å². The first-order valence-corrected chi connectivity index (χ1v) is 21.6. The number of ether oxygens (including phenoxy) is 1. The molecule has 4 fully saturated rings. The number of para-hydroxylation sites is 1. The Hall–Kier alpha value is -5.62. The molecule has 15 nitrogen and oxygen atoms in total. The molecule has 2 amide bonds. The van der Waals surface area contributed by atoms with Gasteiger partial charge in [0.1, 0.15) is 10.8 Å². The molecular formula is C43H47ClF3N11O4. The van der Waals surface area contributed by atoms with Crippen molar-refractivity contribution < 1.29 is 27.5 Å². The minimum absolute atomic E-state index is 0.00142. The minimum Gasteiger partial charge on any atom is -0.480 e. The monoisotopic (exact) mass is 873 g/mol. The zero-order valence-corrected chi connectivity index (χ0v) is 35.2. The lowest BCUT2D eigenvalue weighted by atomic mass is 9.92. The van der Waals surface area contributed by atoms with Crippen LogP contribution in [0.15, 0.2) is 41.3 Å². The normalized spacial score (nSPS) is 22.3. The summed E-state index contributed by atoms with van der Waals surface area (Å²) in [4.78, 5) is 53.9. The molecule has 4 aliphatic heterocycles. The summed E-state index contributed by atoms with van der Waals surface area (Å²) in [6, 6.07) is 7.57. The zero-order valence-electron chi connectivity index (χ0n) is 34.4. The lowest BCUT2D eigenvalue weighted by Crippen LogP contribution is -2.49. The second-order valence-corrected chi connectivity index (χ2v) is 17.7. The number of alkyl halides is 2. The van der Waals surface area contributed by atoms with Crippen LogP contribution in [0.4, 0.5) is 42.0 Å². The molecule has 1 aliphatic carbocycles. The van der Waals surface area contributed by atoms with Gasteiger partial charge in [-0.25, -0.2) is 18.2 Å². The van der Waals surface area contributed by atoms with E-state index in [1.807, 2.05) is 23.9 Å². The Morgan fingerprint density at radius 2 is 1.74 bits per heavy atom. The topological polar surface area (TPSA) is 155 Å². The third-order valence-electron chi connectivity index (χ3n) is 13.3. The van der Waals surface area contributed by atoms with Crippen LogP contribution in [0.3, 0.4) is 0 Å². The van der Waals surface area contributed by atoms with Crippen molar-refractivity contribution in [2.75, 3.05) is 72.9 Å². The molecule has 19 heteroatoms. The number of amides is 2. The molecule has 10 rings (SSSR count). The molecule has 3 aromatic heterocycles. The first-order chi connectivity index (χ1) is 29.8. The van der Waals surface area contributed by atoms with E-state index in [0.29, 0.717) is 48.6 Å². The van der Waals surface area contributed by atoms with E-state index in [0.717, 1.165) is 75.2 Å². The third-order valence-corrected chi connectivity index (χ3v) is 13.5. The van der Waals surface area contributed by atoms with E-state index in [-0.39, 0.29) is 51.2 Å². The van der Waals surface area contributed by atoms with E-state index in [4.69, 9.17) is 26.4 Å². The first kappa shape index (κ1) is 40.5. The number of fused-ring (bicyclic) bond motifs is 4. The third kappa shape index (κ3) is 7.33. The van der Waals surface area contributed by atoms with Crippen molar-refractivity contribution in [1.29, 1.82) is 0 Å². The predicted octanol–water partition coefficient (Wildman–Crippen LogP) is 5.53. The number of carbonyl (C=O) groups is 2. The minimum atomic E-state index is -3.21. The largest absolute Gasteiger partial charge is 0.480 e. The van der Waals surface area contributed by atoms with Crippen LogP contribution >= 0.6 is 11.6 Å². The fourth-order valence-electron chi connectivity index (χ4n) is 9.70. The molecule has 2 unspecified atom stereocenters. The van der Waals surface area contributed by atoms with Crippen molar-refractivity contribution in [1.82, 2.24) is 34.5 Å². The quantitative estimate of drug-likeness (QED) is 0.168. The summed E-state index contributed by atoms with van der Waals surface area (Å²) < 4.78 is 54.6. The van der Waals surface area contributed by atoms with Gasteiger partial charge in [-0.15, -0.1) is 0 Å². The van der Waals surface area contributed by atoms with E-state index in [1.165, 1.54) is 29.9 Å². The number of carbonyl (C=O) groups excluding carboxylic acids is 2. The van der Waals surface area contributed by atoms with E-state index in [2.05, 4.69) is 41.7 Å². The summed E-state index contributed by atoms with van der Waals surface area (Å²) >= 11 is 6.56. The number of benzene rings is 2. The highest BCUT2D eigenvalue weighted by atomic mass is 35.5. The van der Waals surface area contributed by atoms with E-state index in [9.17, 15) is 14.4 Å². The Bertz CT molecular complexity index is 2670. The van der Waals surface area contributed by atoms with Gasteiger partial charge >= 0.3 is 5.92 Å². The van der Waals surface area contributed by atoms with Crippen LogP contribution in [0.2, 0.25) is 5.02 Å². The maximum Gasteiger partial charge on any atom is 0.301 e. The highest BCUT2D eigenvalue weighted by Crippen LogP contribution is 2.46. The fourth-order valence-corrected chi connectivity index (χ4v) is 9.84. The van der Waals surface area contributed by atoms with Gasteiger partial charge in [0.05, 0.1) is 51.9 Å². The Balaban J connectivity index is 0.788. The predicted molar refractivity (Wildman–Crippen MR) is 229 cm³/mol. The van der Waals surface area contributed by atoms with Crippen LogP contribution in [0, 0.1) is 17.7 Å². The maximum atomic E-state index is 15.8. The van der Waals surface area contributed by atoms with Gasteiger partial charge in [0.25, 0.3) is 5.56 Å². The number of nitrogens with one attached hydrogen (secondary N) is 3. The SMILES string of the molecule is Cn1nc(C2CCC(=O)NC2=O)c2cccc(N3CCN(CC4CCN(c5ncc(Cl)c(Nc6cc7c8c(c(=O)n(C)c7cc6F)OCC(F)(F)C(C6CC6)N8)n5)CC4)CC3)c21. The number of aromatic nitrogens is 5. The molecule has 0 bridgehead atoms. The van der Waals surface area contributed by atoms with Gasteiger partial charge < -0.3 is 29.7 Å². The number of imide groups is 1. The average Bonchev–Trinajstić information content (AvgIpc) is 4.06. The summed E-state index contributed by atoms with van der Waals surface area (Å²) in [6.45, 7) is 5.02. The number of piperidine rings is 2. The maximum absolute atomic E-state index is 15.8. The highest BCUT2D eigenvalue weighted by molar-refractivity contribution is 6.33. The molecule has 3 saturated heterocycles. The second-order valence-electron chi connectivity index (χ2n) is 17.3. The van der Waals surface area contributed by atoms with Crippen LogP contribution in [-0.2, 0) is 23.7 Å². The summed E-state index contributed by atoms with van der Waals surface area (Å²) in [7, 11) is 3.36. The van der Waals surface area contributed by atoms with Gasteiger partial charge in [-0.3, -0.25) is 29.3 Å². The van der Waals surface area contributed by atoms with Gasteiger partial charge in [-0.1, -0.05) is 23.7 Å². The van der Waals surface area contributed by atoms with Crippen molar-refractivity contribution in [3.63, 3.8) is 0 Å². The Kier molecular flexibility index (Phi) is 10.2. The molecule has 1 saturated carbocycles. The number of halogens is 4. The summed E-state index contributed by atoms with van der Waals surface area (Å²) in [6.07, 6.45) is 5.39. The van der Waals surface area contributed by atoms with Crippen molar-refractivity contribution in [3.8, 4) is 5.75 Å². The molecule has 7 heterocycles. The van der Waals surface area contributed by atoms with E-state index >= 15 is 13.2 Å². The number of rotatable bonds is 8. The molecule has 3 N–H and O–H groups in total. The van der Waals surface area contributed by atoms with Crippen molar-refractivity contribution in [2.24, 2.45) is 25.9 Å². The number of hydrogen-bond acceptors (Lipinski definition) is 12. The highest BCUT2D eigenvalue weighted by Gasteiger charge is 2.51. The van der Waals surface area contributed by atoms with Gasteiger partial charge in [0, 0.05) is 83.2 Å². The van der Waals surface area contributed by atoms with Crippen LogP contribution < -0.4 is 36.0 Å². The van der Waals surface area contributed by atoms with Crippen molar-refractivity contribution in [2.45, 2.75) is 56.4 Å². The van der Waals surface area contributed by atoms with Crippen LogP contribution in [0.25, 0.3) is 21.8 Å². The average molecular weight is 874 g/mol. The van der Waals surface area contributed by atoms with Crippen LogP contribution in [-0.4, -0.2) is 105 Å². The summed E-state index contributed by atoms with van der Waals surface area (Å²) in [5.41, 5.74) is 2.49. The summed E-state index contributed by atoms with van der Waals surface area (Å²) in [5.74, 6) is -4.24. The smallest absolute Gasteiger partial charge is 0.301 e. The van der Waals surface area contributed by atoms with Gasteiger partial charge in [0.2, 0.25) is 23.5 Å². The molecule has 5 aliphatic rings. The number of nitrogens with zero attached hydrogens (tertiary/aromatic N) is 8. The number of hydrogen-bond donors (Lipinski definition) is 3. The van der Waals surface area contributed by atoms with Crippen molar-refractivity contribution >= 4 is 74.0 Å². The Labute approximate surface area is 359 Å². The molecule has 0 radical (unpaired) electrons. The Morgan fingerprint density at radius 1 is 0.968 bits per heavy atom.